The zero-order chi connectivity index (χ0) is 41.3. The van der Waals surface area contributed by atoms with Crippen molar-refractivity contribution in [1.82, 2.24) is 15.0 Å². The van der Waals surface area contributed by atoms with Gasteiger partial charge < -0.3 is 60.3 Å². The van der Waals surface area contributed by atoms with Crippen molar-refractivity contribution in [3.63, 3.8) is 0 Å². The number of aryl methyl sites for hydroxylation is 1. The minimum absolute atomic E-state index is 0.0141. The first kappa shape index (κ1) is 42.9. The first-order valence-corrected chi connectivity index (χ1v) is 17.4. The molecule has 6 rings (SSSR count). The van der Waals surface area contributed by atoms with Crippen molar-refractivity contribution in [2.24, 2.45) is 0 Å². The van der Waals surface area contributed by atoms with E-state index in [1.807, 2.05) is 13.8 Å². The molecule has 10 N–H and O–H groups in total. The summed E-state index contributed by atoms with van der Waals surface area (Å²) in [4.78, 5) is 18.4. The molecule has 0 aliphatic carbocycles. The van der Waals surface area contributed by atoms with Crippen LogP contribution in [0.3, 0.4) is 0 Å². The van der Waals surface area contributed by atoms with Crippen molar-refractivity contribution in [3.8, 4) is 28.6 Å². The number of carboxylic acids is 1. The number of hydrogen-bond donors (Lipinski definition) is 10. The van der Waals surface area contributed by atoms with Crippen molar-refractivity contribution in [2.45, 2.75) is 67.6 Å². The number of fused-ring (bicyclic) bond motifs is 2. The standard InChI is InChI=1S/C29H23BF3N3O8S.C4H8O4.C2H6/c1-13-3-2-4-17-23(13)43-10-8-27(17,28(37,38)39)19-12-35-26(36-19)16-11-14(5-6-18(16)31)44-24-21(33)20(32)22-15(7-9-34-22)25(24)45(42)29(30,40)41;1-4(7,8)2-3(5)6;1-2/h2-7,9,11-12,34,37-41H,8,10H2,1H3,(H,35,36);7-8H,2H2,1H3,(H,5,6);1-2H3. The van der Waals surface area contributed by atoms with Gasteiger partial charge in [0.2, 0.25) is 5.82 Å². The van der Waals surface area contributed by atoms with E-state index < -0.39 is 79.0 Å². The number of aromatic nitrogens is 3. The van der Waals surface area contributed by atoms with Gasteiger partial charge in [-0.15, -0.1) is 0 Å². The van der Waals surface area contributed by atoms with E-state index in [0.29, 0.717) is 11.3 Å². The van der Waals surface area contributed by atoms with Crippen molar-refractivity contribution in [2.75, 3.05) is 6.61 Å². The Morgan fingerprint density at radius 2 is 1.73 bits per heavy atom. The van der Waals surface area contributed by atoms with E-state index in [4.69, 9.17) is 32.6 Å². The Bertz CT molecular complexity index is 2210. The number of aliphatic carboxylic acids is 1. The number of nitrogens with one attached hydrogen (secondary N) is 2. The maximum Gasteiger partial charge on any atom is 0.308 e. The monoisotopic (exact) mass is 791 g/mol. The van der Waals surface area contributed by atoms with E-state index >= 15 is 8.78 Å². The molecule has 1 aliphatic rings. The molecule has 0 fully saturated rings. The lowest BCUT2D eigenvalue weighted by molar-refractivity contribution is -0.348. The molecule has 2 aromatic heterocycles. The number of hydrogen-bond acceptors (Lipinski definition) is 12. The van der Waals surface area contributed by atoms with Gasteiger partial charge >= 0.3 is 5.97 Å². The molecule has 15 nitrogen and oxygen atoms in total. The third-order valence-corrected chi connectivity index (χ3v) is 9.49. The normalized spacial score (nSPS) is 16.2. The number of para-hydroxylation sites is 1. The zero-order valence-corrected chi connectivity index (χ0v) is 30.4. The molecule has 20 heteroatoms. The smallest absolute Gasteiger partial charge is 0.308 e. The molecule has 5 aromatic rings. The molecule has 3 heterocycles. The average Bonchev–Trinajstić information content (AvgIpc) is 3.78. The van der Waals surface area contributed by atoms with Gasteiger partial charge in [-0.2, -0.15) is 4.39 Å². The number of imidazole rings is 1. The predicted molar refractivity (Wildman–Crippen MR) is 190 cm³/mol. The number of halogens is 3. The number of nitrogens with zero attached hydrogens (tertiary/aromatic N) is 1. The molecule has 55 heavy (non-hydrogen) atoms. The summed E-state index contributed by atoms with van der Waals surface area (Å²) in [5.74, 6) is -11.8. The summed E-state index contributed by atoms with van der Waals surface area (Å²) in [6.45, 7) is 6.73. The highest BCUT2D eigenvalue weighted by atomic mass is 32.2. The van der Waals surface area contributed by atoms with Gasteiger partial charge in [0, 0.05) is 29.8 Å². The quantitative estimate of drug-likeness (QED) is 0.0762. The molecular weight excluding hydrogens is 754 g/mol. The molecule has 294 valence electrons. The molecule has 3 aromatic carbocycles. The number of benzene rings is 3. The van der Waals surface area contributed by atoms with E-state index in [1.165, 1.54) is 18.5 Å². The van der Waals surface area contributed by atoms with Gasteiger partial charge in [0.05, 0.1) is 34.7 Å². The first-order chi connectivity index (χ1) is 25.6. The van der Waals surface area contributed by atoms with Gasteiger partial charge in [-0.1, -0.05) is 32.0 Å². The summed E-state index contributed by atoms with van der Waals surface area (Å²) in [7, 11) is 2.22. The van der Waals surface area contributed by atoms with Crippen LogP contribution in [0.1, 0.15) is 50.4 Å². The first-order valence-electron chi connectivity index (χ1n) is 16.3. The molecule has 0 spiro atoms. The maximum atomic E-state index is 15.3. The van der Waals surface area contributed by atoms with Crippen molar-refractivity contribution in [1.29, 1.82) is 0 Å². The molecule has 2 unspecified atom stereocenters. The summed E-state index contributed by atoms with van der Waals surface area (Å²) in [5, 5.41) is 72.6. The average molecular weight is 792 g/mol. The Hall–Kier alpha value is -4.80. The van der Waals surface area contributed by atoms with Crippen LogP contribution < -0.4 is 9.47 Å². The molecule has 0 bridgehead atoms. The maximum absolute atomic E-state index is 15.3. The molecular formula is C35H37BF3N3O12S. The topological polar surface area (TPSA) is 259 Å². The van der Waals surface area contributed by atoms with Crippen LogP contribution in [0.25, 0.3) is 22.3 Å². The fourth-order valence-corrected chi connectivity index (χ4v) is 6.83. The number of aliphatic hydroxyl groups is 7. The van der Waals surface area contributed by atoms with Gasteiger partial charge in [0.15, 0.2) is 30.2 Å². The fourth-order valence-electron chi connectivity index (χ4n) is 5.86. The number of aromatic amines is 2. The van der Waals surface area contributed by atoms with Crippen molar-refractivity contribution >= 4 is 35.5 Å². The Morgan fingerprint density at radius 1 is 1.05 bits per heavy atom. The third kappa shape index (κ3) is 8.71. The van der Waals surface area contributed by atoms with Crippen LogP contribution >= 0.6 is 0 Å². The molecule has 1 aliphatic heterocycles. The lowest BCUT2D eigenvalue weighted by Crippen LogP contribution is -2.55. The third-order valence-electron chi connectivity index (χ3n) is 8.17. The lowest BCUT2D eigenvalue weighted by atomic mass is 9.71. The van der Waals surface area contributed by atoms with Crippen LogP contribution in [-0.4, -0.2) is 97.2 Å². The van der Waals surface area contributed by atoms with Gasteiger partial charge in [-0.25, -0.2) is 18.0 Å². The van der Waals surface area contributed by atoms with E-state index in [-0.39, 0.29) is 46.8 Å². The van der Waals surface area contributed by atoms with Gasteiger partial charge in [0.1, 0.15) is 39.4 Å². The second-order valence-corrected chi connectivity index (χ2v) is 13.8. The van der Waals surface area contributed by atoms with Crippen LogP contribution in [0.4, 0.5) is 13.2 Å². The molecule has 2 radical (unpaired) electrons. The summed E-state index contributed by atoms with van der Waals surface area (Å²) < 4.78 is 69.6. The predicted octanol–water partition coefficient (Wildman–Crippen LogP) is 2.84. The largest absolute Gasteiger partial charge is 0.493 e. The number of rotatable bonds is 9. The highest BCUT2D eigenvalue weighted by molar-refractivity contribution is 7.87. The minimum Gasteiger partial charge on any atom is -0.493 e. The highest BCUT2D eigenvalue weighted by Crippen LogP contribution is 2.50. The molecule has 2 atom stereocenters. The molecule has 0 saturated carbocycles. The SMILES string of the molecule is CC.CC(O)(O)CC(=O)O.[B]C(O)(O)S(=O)c1c(Oc2ccc(F)c(-c3ncc(C4(C(O)(O)O)CCOc5c(C)cccc54)[nH]3)c2)c(F)c(F)c2[nH]ccc12. The van der Waals surface area contributed by atoms with Crippen LogP contribution in [0.15, 0.2) is 59.8 Å². The Morgan fingerprint density at radius 3 is 2.31 bits per heavy atom. The van der Waals surface area contributed by atoms with E-state index in [1.54, 1.807) is 25.1 Å². The Balaban J connectivity index is 0.000000599. The summed E-state index contributed by atoms with van der Waals surface area (Å²) in [6, 6.07) is 9.10. The number of carboxylic acid groups (broad SMARTS) is 1. The van der Waals surface area contributed by atoms with E-state index in [0.717, 1.165) is 25.1 Å². The van der Waals surface area contributed by atoms with Gasteiger partial charge in [-0.3, -0.25) is 4.79 Å². The fraction of sp³-hybridized carbons (Fsp3) is 0.314. The van der Waals surface area contributed by atoms with Crippen LogP contribution in [0, 0.1) is 24.4 Å². The number of H-pyrrole nitrogens is 2. The number of carbonyl (C=O) groups is 1. The highest BCUT2D eigenvalue weighted by Gasteiger charge is 2.56. The van der Waals surface area contributed by atoms with Crippen LogP contribution in [-0.2, 0) is 21.0 Å². The van der Waals surface area contributed by atoms with Gasteiger partial charge in [-0.05, 0) is 43.7 Å². The van der Waals surface area contributed by atoms with Crippen molar-refractivity contribution < 1.29 is 72.5 Å². The van der Waals surface area contributed by atoms with E-state index in [2.05, 4.69) is 15.0 Å². The Kier molecular flexibility index (Phi) is 12.6. The summed E-state index contributed by atoms with van der Waals surface area (Å²) >= 11 is 0. The number of ether oxygens (including phenoxy) is 2. The lowest BCUT2D eigenvalue weighted by Gasteiger charge is -2.43. The van der Waals surface area contributed by atoms with Crippen LogP contribution in [0.5, 0.6) is 17.2 Å². The minimum atomic E-state index is -3.37. The Labute approximate surface area is 314 Å². The summed E-state index contributed by atoms with van der Waals surface area (Å²) in [5.41, 5.74) is -1.75. The molecule has 0 amide bonds. The second-order valence-electron chi connectivity index (χ2n) is 12.2. The van der Waals surface area contributed by atoms with Gasteiger partial charge in [0.25, 0.3) is 5.97 Å². The summed E-state index contributed by atoms with van der Waals surface area (Å²) in [6.07, 6.45) is 1.61. The van der Waals surface area contributed by atoms with E-state index in [9.17, 15) is 38.9 Å². The van der Waals surface area contributed by atoms with Crippen molar-refractivity contribution in [3.05, 3.63) is 89.1 Å². The zero-order valence-electron chi connectivity index (χ0n) is 29.6. The molecule has 0 saturated heterocycles. The second kappa shape index (κ2) is 16.1. The van der Waals surface area contributed by atoms with Crippen LogP contribution in [0.2, 0.25) is 0 Å².